The van der Waals surface area contributed by atoms with Crippen LogP contribution in [0.5, 0.6) is 6.01 Å². The molecule has 0 unspecified atom stereocenters. The second-order valence-corrected chi connectivity index (χ2v) is 7.76. The van der Waals surface area contributed by atoms with E-state index in [9.17, 15) is 18.9 Å². The molecule has 0 N–H and O–H groups in total. The molecule has 0 fully saturated rings. The lowest BCUT2D eigenvalue weighted by Gasteiger charge is -2.32. The Morgan fingerprint density at radius 1 is 1.23 bits per heavy atom. The molecule has 12 heteroatoms. The number of ether oxygens (including phenoxy) is 1. The minimum Gasteiger partial charge on any atom is -0.436 e. The van der Waals surface area contributed by atoms with Crippen molar-refractivity contribution in [2.75, 3.05) is 13.1 Å². The van der Waals surface area contributed by atoms with E-state index in [1.54, 1.807) is 9.25 Å². The predicted octanol–water partition coefficient (Wildman–Crippen LogP) is 1.99. The molecule has 0 spiro atoms. The number of hydrogen-bond donors (Lipinski definition) is 0. The van der Waals surface area contributed by atoms with E-state index in [1.807, 2.05) is 6.92 Å². The minimum atomic E-state index is -0.677. The maximum atomic E-state index is 13.5. The van der Waals surface area contributed by atoms with Crippen LogP contribution in [0.1, 0.15) is 12.7 Å². The summed E-state index contributed by atoms with van der Waals surface area (Å²) in [4.78, 5) is 20.8. The fraction of sp³-hybridized carbons (Fsp3) is 0.389. The molecule has 0 bridgehead atoms. The lowest BCUT2D eigenvalue weighted by molar-refractivity contribution is -0.389. The van der Waals surface area contributed by atoms with Crippen molar-refractivity contribution >= 4 is 5.82 Å². The van der Waals surface area contributed by atoms with Gasteiger partial charge in [0.15, 0.2) is 5.82 Å². The SMILES string of the molecule is C[C@]1(CN2CCn3nc(-c4cc(F)cc(F)c4)nc3C2)Cn2cc([N+](=O)[O-])nc2O1. The molecule has 30 heavy (non-hydrogen) atoms. The van der Waals surface area contributed by atoms with Gasteiger partial charge < -0.3 is 14.9 Å². The average Bonchev–Trinajstić information content (AvgIpc) is 3.31. The van der Waals surface area contributed by atoms with Crippen molar-refractivity contribution in [3.63, 3.8) is 0 Å². The molecular weight excluding hydrogens is 400 g/mol. The minimum absolute atomic E-state index is 0.236. The Morgan fingerprint density at radius 3 is 2.70 bits per heavy atom. The third-order valence-electron chi connectivity index (χ3n) is 5.18. The normalized spacial score (nSPS) is 20.6. The zero-order chi connectivity index (χ0) is 21.0. The summed E-state index contributed by atoms with van der Waals surface area (Å²) in [5.41, 5.74) is -0.298. The fourth-order valence-corrected chi connectivity index (χ4v) is 3.96. The highest BCUT2D eigenvalue weighted by molar-refractivity contribution is 5.54. The van der Waals surface area contributed by atoms with Gasteiger partial charge >= 0.3 is 11.8 Å². The van der Waals surface area contributed by atoms with E-state index in [0.717, 1.165) is 6.07 Å². The van der Waals surface area contributed by atoms with Gasteiger partial charge in [0.05, 0.1) is 19.6 Å². The number of benzene rings is 1. The highest BCUT2D eigenvalue weighted by Gasteiger charge is 2.42. The molecule has 0 radical (unpaired) electrons. The predicted molar refractivity (Wildman–Crippen MR) is 98.6 cm³/mol. The summed E-state index contributed by atoms with van der Waals surface area (Å²) in [6.45, 7) is 4.68. The van der Waals surface area contributed by atoms with E-state index in [1.165, 1.54) is 18.3 Å². The molecule has 1 atom stereocenters. The summed E-state index contributed by atoms with van der Waals surface area (Å²) in [6, 6.07) is 3.45. The quantitative estimate of drug-likeness (QED) is 0.472. The smallest absolute Gasteiger partial charge is 0.415 e. The maximum absolute atomic E-state index is 13.5. The number of halogens is 2. The standard InChI is InChI=1S/C18H17F2N7O3/c1-18(10-25-8-15(27(28)29)22-17(25)30-18)9-24-2-3-26-14(7-24)21-16(23-26)11-4-12(19)6-13(20)5-11/h4-6,8H,2-3,7,9-10H2,1H3/t18-/m0/s1. The fourth-order valence-electron chi connectivity index (χ4n) is 3.96. The molecule has 156 valence electrons. The van der Waals surface area contributed by atoms with Gasteiger partial charge in [0.25, 0.3) is 0 Å². The largest absolute Gasteiger partial charge is 0.436 e. The van der Waals surface area contributed by atoms with E-state index < -0.39 is 22.2 Å². The van der Waals surface area contributed by atoms with Crippen molar-refractivity contribution in [1.82, 2.24) is 29.2 Å². The molecule has 2 aliphatic heterocycles. The average molecular weight is 417 g/mol. The first-order valence-corrected chi connectivity index (χ1v) is 9.31. The molecule has 2 aromatic heterocycles. The lowest BCUT2D eigenvalue weighted by Crippen LogP contribution is -2.47. The van der Waals surface area contributed by atoms with Crippen molar-refractivity contribution in [2.45, 2.75) is 32.2 Å². The van der Waals surface area contributed by atoms with Crippen LogP contribution in [0.2, 0.25) is 0 Å². The third-order valence-corrected chi connectivity index (χ3v) is 5.18. The van der Waals surface area contributed by atoms with Gasteiger partial charge in [-0.1, -0.05) is 0 Å². The number of nitro groups is 1. The number of imidazole rings is 1. The Bertz CT molecular complexity index is 1120. The second kappa shape index (κ2) is 6.55. The van der Waals surface area contributed by atoms with Crippen molar-refractivity contribution in [3.05, 3.63) is 52.0 Å². The Morgan fingerprint density at radius 2 is 2.00 bits per heavy atom. The first-order chi connectivity index (χ1) is 14.3. The van der Waals surface area contributed by atoms with Crippen molar-refractivity contribution in [3.8, 4) is 17.4 Å². The summed E-state index contributed by atoms with van der Waals surface area (Å²) in [5, 5.41) is 15.2. The van der Waals surface area contributed by atoms with Gasteiger partial charge in [0.1, 0.15) is 29.3 Å². The van der Waals surface area contributed by atoms with Crippen LogP contribution >= 0.6 is 0 Å². The first-order valence-electron chi connectivity index (χ1n) is 9.31. The number of rotatable bonds is 4. The molecule has 0 saturated carbocycles. The van der Waals surface area contributed by atoms with Crippen LogP contribution in [0, 0.1) is 21.7 Å². The van der Waals surface area contributed by atoms with E-state index in [2.05, 4.69) is 20.0 Å². The molecule has 2 aliphatic rings. The molecule has 10 nitrogen and oxygen atoms in total. The highest BCUT2D eigenvalue weighted by Crippen LogP contribution is 2.32. The zero-order valence-corrected chi connectivity index (χ0v) is 16.0. The van der Waals surface area contributed by atoms with E-state index >= 15 is 0 Å². The second-order valence-electron chi connectivity index (χ2n) is 7.76. The van der Waals surface area contributed by atoms with Gasteiger partial charge in [0, 0.05) is 29.7 Å². The summed E-state index contributed by atoms with van der Waals surface area (Å²) < 4.78 is 36.3. The first kappa shape index (κ1) is 18.6. The summed E-state index contributed by atoms with van der Waals surface area (Å²) in [7, 11) is 0. The van der Waals surface area contributed by atoms with Gasteiger partial charge in [-0.15, -0.1) is 0 Å². The molecule has 0 saturated heterocycles. The topological polar surface area (TPSA) is 104 Å². The Labute approximate surface area is 168 Å². The van der Waals surface area contributed by atoms with E-state index in [-0.39, 0.29) is 17.7 Å². The van der Waals surface area contributed by atoms with Crippen LogP contribution in [0.3, 0.4) is 0 Å². The Hall–Kier alpha value is -3.41. The zero-order valence-electron chi connectivity index (χ0n) is 16.0. The summed E-state index contributed by atoms with van der Waals surface area (Å²) in [5.74, 6) is -0.622. The van der Waals surface area contributed by atoms with Crippen LogP contribution in [0.4, 0.5) is 14.6 Å². The number of nitrogens with zero attached hydrogens (tertiary/aromatic N) is 7. The van der Waals surface area contributed by atoms with Crippen molar-refractivity contribution < 1.29 is 18.4 Å². The molecule has 0 amide bonds. The van der Waals surface area contributed by atoms with E-state index in [4.69, 9.17) is 4.74 Å². The van der Waals surface area contributed by atoms with Crippen LogP contribution < -0.4 is 4.74 Å². The van der Waals surface area contributed by atoms with Crippen LogP contribution in [-0.2, 0) is 19.6 Å². The summed E-state index contributed by atoms with van der Waals surface area (Å²) >= 11 is 0. The van der Waals surface area contributed by atoms with Crippen molar-refractivity contribution in [2.24, 2.45) is 0 Å². The monoisotopic (exact) mass is 417 g/mol. The van der Waals surface area contributed by atoms with Gasteiger partial charge in [0.2, 0.25) is 0 Å². The number of fused-ring (bicyclic) bond motifs is 2. The summed E-state index contributed by atoms with van der Waals surface area (Å²) in [6.07, 6.45) is 1.37. The maximum Gasteiger partial charge on any atom is 0.415 e. The van der Waals surface area contributed by atoms with Crippen LogP contribution in [-0.4, -0.2) is 52.8 Å². The van der Waals surface area contributed by atoms with Gasteiger partial charge in [-0.05, 0) is 24.0 Å². The molecule has 4 heterocycles. The number of hydrogen-bond acceptors (Lipinski definition) is 7. The van der Waals surface area contributed by atoms with E-state index in [0.29, 0.717) is 44.1 Å². The molecule has 1 aromatic carbocycles. The van der Waals surface area contributed by atoms with Crippen LogP contribution in [0.15, 0.2) is 24.4 Å². The lowest BCUT2D eigenvalue weighted by atomic mass is 10.1. The number of aromatic nitrogens is 5. The van der Waals surface area contributed by atoms with Gasteiger partial charge in [-0.2, -0.15) is 5.10 Å². The molecular formula is C18H17F2N7O3. The molecule has 0 aliphatic carbocycles. The van der Waals surface area contributed by atoms with Gasteiger partial charge in [-0.25, -0.2) is 18.4 Å². The van der Waals surface area contributed by atoms with Crippen molar-refractivity contribution in [1.29, 1.82) is 0 Å². The molecule has 3 aromatic rings. The Kier molecular flexibility index (Phi) is 4.07. The molecule has 5 rings (SSSR count). The van der Waals surface area contributed by atoms with Gasteiger partial charge in [-0.3, -0.25) is 9.47 Å². The third kappa shape index (κ3) is 3.28. The van der Waals surface area contributed by atoms with Crippen LogP contribution in [0.25, 0.3) is 11.4 Å². The highest BCUT2D eigenvalue weighted by atomic mass is 19.1. The Balaban J connectivity index is 1.30.